The maximum absolute atomic E-state index is 3.69. The van der Waals surface area contributed by atoms with E-state index in [1.165, 1.54) is 44.5 Å². The summed E-state index contributed by atoms with van der Waals surface area (Å²) >= 11 is 3.69. The van der Waals surface area contributed by atoms with Crippen LogP contribution in [0.1, 0.15) is 11.1 Å². The smallest absolute Gasteiger partial charge is 0.0181 e. The second kappa shape index (κ2) is 6.83. The van der Waals surface area contributed by atoms with Crippen molar-refractivity contribution in [1.82, 2.24) is 0 Å². The van der Waals surface area contributed by atoms with Crippen LogP contribution in [0.15, 0.2) is 95.5 Å². The zero-order valence-electron chi connectivity index (χ0n) is 15.0. The van der Waals surface area contributed by atoms with Crippen LogP contribution in [0.2, 0.25) is 0 Å². The molecule has 0 bridgehead atoms. The van der Waals surface area contributed by atoms with Crippen molar-refractivity contribution < 1.29 is 0 Å². The van der Waals surface area contributed by atoms with Gasteiger partial charge in [0.2, 0.25) is 0 Å². The normalized spacial score (nSPS) is 12.3. The van der Waals surface area contributed by atoms with Crippen molar-refractivity contribution in [2.45, 2.75) is 12.8 Å². The summed E-state index contributed by atoms with van der Waals surface area (Å²) in [5, 5.41) is 0. The average molecular weight is 411 g/mol. The number of halogens is 1. The first-order valence-electron chi connectivity index (χ1n) is 9.37. The summed E-state index contributed by atoms with van der Waals surface area (Å²) in [5.74, 6) is 0. The minimum Gasteiger partial charge on any atom is -0.0620 e. The highest BCUT2D eigenvalue weighted by molar-refractivity contribution is 9.10. The van der Waals surface area contributed by atoms with Crippen LogP contribution in [-0.2, 0) is 12.8 Å². The van der Waals surface area contributed by atoms with Gasteiger partial charge in [0.05, 0.1) is 0 Å². The van der Waals surface area contributed by atoms with Gasteiger partial charge in [-0.15, -0.1) is 0 Å². The Bertz CT molecular complexity index is 1140. The van der Waals surface area contributed by atoms with Gasteiger partial charge in [0.25, 0.3) is 0 Å². The van der Waals surface area contributed by atoms with E-state index in [0.717, 1.165) is 17.3 Å². The molecule has 130 valence electrons. The first-order valence-corrected chi connectivity index (χ1v) is 10.2. The maximum atomic E-state index is 3.69. The summed E-state index contributed by atoms with van der Waals surface area (Å²) in [6.07, 6.45) is 2.09. The fourth-order valence-electron chi connectivity index (χ4n) is 4.20. The van der Waals surface area contributed by atoms with Gasteiger partial charge in [-0.3, -0.25) is 0 Å². The SMILES string of the molecule is Brc1ccc2c(c1)-c1ccccc1CCc1ccccc1-c1ccccc1-2. The number of aryl methyl sites for hydroxylation is 2. The Morgan fingerprint density at radius 1 is 0.444 bits per heavy atom. The number of hydrogen-bond donors (Lipinski definition) is 0. The van der Waals surface area contributed by atoms with Gasteiger partial charge in [-0.25, -0.2) is 0 Å². The lowest BCUT2D eigenvalue weighted by atomic mass is 9.83. The van der Waals surface area contributed by atoms with E-state index in [4.69, 9.17) is 0 Å². The van der Waals surface area contributed by atoms with Crippen molar-refractivity contribution >= 4 is 15.9 Å². The second-order valence-electron chi connectivity index (χ2n) is 7.05. The highest BCUT2D eigenvalue weighted by atomic mass is 79.9. The lowest BCUT2D eigenvalue weighted by Gasteiger charge is -2.21. The van der Waals surface area contributed by atoms with E-state index < -0.39 is 0 Å². The summed E-state index contributed by atoms with van der Waals surface area (Å²) in [5.41, 5.74) is 10.7. The molecule has 0 spiro atoms. The van der Waals surface area contributed by atoms with Crippen LogP contribution in [0.5, 0.6) is 0 Å². The van der Waals surface area contributed by atoms with E-state index in [-0.39, 0.29) is 0 Å². The van der Waals surface area contributed by atoms with Gasteiger partial charge in [0.15, 0.2) is 0 Å². The number of benzene rings is 4. The zero-order valence-corrected chi connectivity index (χ0v) is 16.5. The highest BCUT2D eigenvalue weighted by Gasteiger charge is 2.18. The fraction of sp³-hybridized carbons (Fsp3) is 0.0769. The van der Waals surface area contributed by atoms with Gasteiger partial charge in [-0.1, -0.05) is 94.8 Å². The standard InChI is InChI=1S/C26H19Br/c27-20-15-16-25-24-12-6-5-11-23(24)21-9-3-1-7-18(21)13-14-19-8-2-4-10-22(19)26(25)17-20/h1-12,15-17H,13-14H2. The third-order valence-electron chi connectivity index (χ3n) is 5.48. The molecule has 0 atom stereocenters. The van der Waals surface area contributed by atoms with Gasteiger partial charge >= 0.3 is 0 Å². The minimum atomic E-state index is 1.04. The van der Waals surface area contributed by atoms with E-state index in [1.807, 2.05) is 0 Å². The van der Waals surface area contributed by atoms with Crippen molar-refractivity contribution in [2.24, 2.45) is 0 Å². The minimum absolute atomic E-state index is 1.04. The zero-order chi connectivity index (χ0) is 18.2. The van der Waals surface area contributed by atoms with Crippen LogP contribution in [0.4, 0.5) is 0 Å². The van der Waals surface area contributed by atoms with Crippen molar-refractivity contribution in [3.8, 4) is 33.4 Å². The monoisotopic (exact) mass is 410 g/mol. The first-order chi connectivity index (χ1) is 13.3. The Morgan fingerprint density at radius 3 is 1.52 bits per heavy atom. The molecule has 0 aromatic heterocycles. The van der Waals surface area contributed by atoms with Crippen molar-refractivity contribution in [2.75, 3.05) is 0 Å². The molecule has 0 nitrogen and oxygen atoms in total. The van der Waals surface area contributed by atoms with Gasteiger partial charge in [-0.2, -0.15) is 0 Å². The van der Waals surface area contributed by atoms with Crippen LogP contribution < -0.4 is 0 Å². The van der Waals surface area contributed by atoms with Crippen LogP contribution in [0.25, 0.3) is 33.4 Å². The number of fused-ring (bicyclic) bond motifs is 7. The van der Waals surface area contributed by atoms with Gasteiger partial charge in [0.1, 0.15) is 0 Å². The topological polar surface area (TPSA) is 0 Å². The molecule has 27 heavy (non-hydrogen) atoms. The Hall–Kier alpha value is -2.64. The summed E-state index contributed by atoms with van der Waals surface area (Å²) in [6.45, 7) is 0. The molecule has 1 aliphatic carbocycles. The van der Waals surface area contributed by atoms with E-state index >= 15 is 0 Å². The Balaban J connectivity index is 1.90. The first kappa shape index (κ1) is 16.5. The van der Waals surface area contributed by atoms with Crippen LogP contribution >= 0.6 is 15.9 Å². The summed E-state index contributed by atoms with van der Waals surface area (Å²) in [7, 11) is 0. The Morgan fingerprint density at radius 2 is 0.889 bits per heavy atom. The molecule has 0 unspecified atom stereocenters. The summed E-state index contributed by atoms with van der Waals surface area (Å²) in [4.78, 5) is 0. The van der Waals surface area contributed by atoms with Crippen molar-refractivity contribution in [3.63, 3.8) is 0 Å². The average Bonchev–Trinajstić information content (AvgIpc) is 2.72. The lowest BCUT2D eigenvalue weighted by Crippen LogP contribution is -2.00. The Kier molecular flexibility index (Phi) is 4.18. The van der Waals surface area contributed by atoms with Crippen molar-refractivity contribution in [1.29, 1.82) is 0 Å². The molecule has 1 aliphatic rings. The van der Waals surface area contributed by atoms with Gasteiger partial charge in [-0.05, 0) is 69.5 Å². The molecule has 4 aromatic carbocycles. The molecule has 0 aliphatic heterocycles. The van der Waals surface area contributed by atoms with E-state index in [9.17, 15) is 0 Å². The molecule has 0 radical (unpaired) electrons. The molecular formula is C26H19Br. The van der Waals surface area contributed by atoms with Crippen LogP contribution in [0, 0.1) is 0 Å². The molecular weight excluding hydrogens is 392 g/mol. The van der Waals surface area contributed by atoms with Crippen LogP contribution in [-0.4, -0.2) is 0 Å². The molecule has 0 saturated carbocycles. The van der Waals surface area contributed by atoms with E-state index in [1.54, 1.807) is 0 Å². The molecule has 4 aromatic rings. The largest absolute Gasteiger partial charge is 0.0620 e. The predicted molar refractivity (Wildman–Crippen MR) is 118 cm³/mol. The molecule has 0 fully saturated rings. The second-order valence-corrected chi connectivity index (χ2v) is 7.97. The Labute approximate surface area is 168 Å². The third kappa shape index (κ3) is 2.93. The highest BCUT2D eigenvalue weighted by Crippen LogP contribution is 2.42. The predicted octanol–water partition coefficient (Wildman–Crippen LogP) is 7.55. The number of hydrogen-bond acceptors (Lipinski definition) is 0. The molecule has 5 rings (SSSR count). The lowest BCUT2D eigenvalue weighted by molar-refractivity contribution is 0.963. The van der Waals surface area contributed by atoms with Crippen LogP contribution in [0.3, 0.4) is 0 Å². The third-order valence-corrected chi connectivity index (χ3v) is 5.97. The number of rotatable bonds is 0. The molecule has 1 heteroatoms. The molecule has 0 saturated heterocycles. The summed E-state index contributed by atoms with van der Waals surface area (Å²) < 4.78 is 1.12. The van der Waals surface area contributed by atoms with Crippen molar-refractivity contribution in [3.05, 3.63) is 107 Å². The fourth-order valence-corrected chi connectivity index (χ4v) is 4.56. The van der Waals surface area contributed by atoms with E-state index in [2.05, 4.69) is 107 Å². The summed E-state index contributed by atoms with van der Waals surface area (Å²) in [6, 6.07) is 33.1. The van der Waals surface area contributed by atoms with Gasteiger partial charge in [0, 0.05) is 4.47 Å². The van der Waals surface area contributed by atoms with Gasteiger partial charge < -0.3 is 0 Å². The molecule has 0 amide bonds. The molecule has 0 heterocycles. The van der Waals surface area contributed by atoms with E-state index in [0.29, 0.717) is 0 Å². The quantitative estimate of drug-likeness (QED) is 0.280. The molecule has 0 N–H and O–H groups in total. The maximum Gasteiger partial charge on any atom is 0.0181 e.